The van der Waals surface area contributed by atoms with Crippen molar-refractivity contribution in [2.24, 2.45) is 5.10 Å². The van der Waals surface area contributed by atoms with Gasteiger partial charge in [-0.05, 0) is 54.4 Å². The third-order valence-electron chi connectivity index (χ3n) is 4.75. The number of hydrazone groups is 1. The summed E-state index contributed by atoms with van der Waals surface area (Å²) >= 11 is 5.94. The Morgan fingerprint density at radius 1 is 1.07 bits per heavy atom. The lowest BCUT2D eigenvalue weighted by atomic mass is 10.2. The fourth-order valence-corrected chi connectivity index (χ4v) is 3.31. The summed E-state index contributed by atoms with van der Waals surface area (Å²) in [5.74, 6) is 0.724. The Balaban J connectivity index is 1.36. The van der Waals surface area contributed by atoms with E-state index >= 15 is 0 Å². The average Bonchev–Trinajstić information content (AvgIpc) is 2.73. The minimum atomic E-state index is -0.0988. The number of nitrogens with one attached hydrogen (secondary N) is 1. The highest BCUT2D eigenvalue weighted by atomic mass is 35.5. The van der Waals surface area contributed by atoms with E-state index in [-0.39, 0.29) is 5.91 Å². The molecule has 0 saturated carbocycles. The second-order valence-corrected chi connectivity index (χ2v) is 7.41. The molecule has 3 rings (SSSR count). The monoisotopic (exact) mass is 414 g/mol. The van der Waals surface area contributed by atoms with Gasteiger partial charge >= 0.3 is 0 Å². The summed E-state index contributed by atoms with van der Waals surface area (Å²) < 4.78 is 5.41. The Hall–Kier alpha value is -2.41. The normalized spacial score (nSPS) is 15.5. The maximum atomic E-state index is 12.1. The second-order valence-electron chi connectivity index (χ2n) is 6.97. The van der Waals surface area contributed by atoms with E-state index in [1.807, 2.05) is 43.3 Å². The standard InChI is InChI=1S/C22H27ClN4O2/c1-2-29-21-9-5-18(6-10-21)15-24-25-22(28)17-27-13-11-26(12-14-27)16-19-3-7-20(23)8-4-19/h3-10,15H,2,11-14,16-17H2,1H3,(H,25,28)/b24-15-. The molecule has 1 saturated heterocycles. The number of rotatable bonds is 8. The Morgan fingerprint density at radius 3 is 2.38 bits per heavy atom. The van der Waals surface area contributed by atoms with Gasteiger partial charge in [0.05, 0.1) is 19.4 Å². The summed E-state index contributed by atoms with van der Waals surface area (Å²) in [7, 11) is 0. The van der Waals surface area contributed by atoms with Crippen molar-refractivity contribution >= 4 is 23.7 Å². The molecule has 0 aromatic heterocycles. The second kappa shape index (κ2) is 11.0. The third kappa shape index (κ3) is 7.16. The van der Waals surface area contributed by atoms with Crippen LogP contribution in [0, 0.1) is 0 Å². The first kappa shape index (κ1) is 21.3. The van der Waals surface area contributed by atoms with Crippen LogP contribution in [0.1, 0.15) is 18.1 Å². The summed E-state index contributed by atoms with van der Waals surface area (Å²) in [5, 5.41) is 4.81. The summed E-state index contributed by atoms with van der Waals surface area (Å²) in [4.78, 5) is 16.7. The predicted octanol–water partition coefficient (Wildman–Crippen LogP) is 3.01. The Morgan fingerprint density at radius 2 is 1.72 bits per heavy atom. The van der Waals surface area contributed by atoms with Crippen molar-refractivity contribution in [1.82, 2.24) is 15.2 Å². The molecule has 1 heterocycles. The molecule has 1 amide bonds. The van der Waals surface area contributed by atoms with Gasteiger partial charge in [0.15, 0.2) is 0 Å². The number of hydrogen-bond acceptors (Lipinski definition) is 5. The van der Waals surface area contributed by atoms with Crippen LogP contribution in [0.5, 0.6) is 5.75 Å². The topological polar surface area (TPSA) is 57.2 Å². The molecular weight excluding hydrogens is 388 g/mol. The van der Waals surface area contributed by atoms with Crippen molar-refractivity contribution in [3.8, 4) is 5.75 Å². The summed E-state index contributed by atoms with van der Waals surface area (Å²) in [6.07, 6.45) is 1.64. The van der Waals surface area contributed by atoms with E-state index in [4.69, 9.17) is 16.3 Å². The van der Waals surface area contributed by atoms with Crippen LogP contribution >= 0.6 is 11.6 Å². The number of nitrogens with zero attached hydrogens (tertiary/aromatic N) is 3. The quantitative estimate of drug-likeness (QED) is 0.533. The highest BCUT2D eigenvalue weighted by Crippen LogP contribution is 2.13. The van der Waals surface area contributed by atoms with E-state index in [1.54, 1.807) is 6.21 Å². The van der Waals surface area contributed by atoms with Gasteiger partial charge in [0, 0.05) is 37.7 Å². The van der Waals surface area contributed by atoms with Gasteiger partial charge in [-0.1, -0.05) is 23.7 Å². The molecule has 0 spiro atoms. The van der Waals surface area contributed by atoms with E-state index in [9.17, 15) is 4.79 Å². The maximum Gasteiger partial charge on any atom is 0.254 e. The third-order valence-corrected chi connectivity index (χ3v) is 5.00. The number of hydrogen-bond donors (Lipinski definition) is 1. The lowest BCUT2D eigenvalue weighted by molar-refractivity contribution is -0.122. The fraction of sp³-hybridized carbons (Fsp3) is 0.364. The van der Waals surface area contributed by atoms with Gasteiger partial charge in [-0.15, -0.1) is 0 Å². The van der Waals surface area contributed by atoms with Crippen molar-refractivity contribution in [2.75, 3.05) is 39.3 Å². The van der Waals surface area contributed by atoms with Crippen LogP contribution < -0.4 is 10.2 Å². The first-order valence-electron chi connectivity index (χ1n) is 9.86. The van der Waals surface area contributed by atoms with Crippen LogP contribution in [0.3, 0.4) is 0 Å². The lowest BCUT2D eigenvalue weighted by Crippen LogP contribution is -2.48. The van der Waals surface area contributed by atoms with Crippen molar-refractivity contribution in [2.45, 2.75) is 13.5 Å². The Labute approximate surface area is 177 Å². The molecule has 1 aliphatic rings. The van der Waals surface area contributed by atoms with Crippen molar-refractivity contribution < 1.29 is 9.53 Å². The van der Waals surface area contributed by atoms with Gasteiger partial charge in [0.1, 0.15) is 5.75 Å². The first-order chi connectivity index (χ1) is 14.1. The molecule has 6 nitrogen and oxygen atoms in total. The lowest BCUT2D eigenvalue weighted by Gasteiger charge is -2.34. The van der Waals surface area contributed by atoms with Crippen LogP contribution in [-0.2, 0) is 11.3 Å². The van der Waals surface area contributed by atoms with Crippen molar-refractivity contribution in [3.05, 3.63) is 64.7 Å². The first-order valence-corrected chi connectivity index (χ1v) is 10.2. The van der Waals surface area contributed by atoms with Crippen LogP contribution in [-0.4, -0.2) is 61.3 Å². The zero-order valence-electron chi connectivity index (χ0n) is 16.7. The van der Waals surface area contributed by atoms with Crippen LogP contribution in [0.15, 0.2) is 53.6 Å². The SMILES string of the molecule is CCOc1ccc(/C=N\NC(=O)CN2CCN(Cc3ccc(Cl)cc3)CC2)cc1. The molecule has 0 aliphatic carbocycles. The van der Waals surface area contributed by atoms with Gasteiger partial charge < -0.3 is 4.74 Å². The number of amides is 1. The minimum Gasteiger partial charge on any atom is -0.494 e. The van der Waals surface area contributed by atoms with Crippen LogP contribution in [0.4, 0.5) is 0 Å². The predicted molar refractivity (Wildman–Crippen MR) is 117 cm³/mol. The molecule has 2 aromatic carbocycles. The Bertz CT molecular complexity index is 801. The maximum absolute atomic E-state index is 12.1. The van der Waals surface area contributed by atoms with E-state index < -0.39 is 0 Å². The van der Waals surface area contributed by atoms with Gasteiger partial charge in [0.25, 0.3) is 5.91 Å². The van der Waals surface area contributed by atoms with Crippen LogP contribution in [0.25, 0.3) is 0 Å². The van der Waals surface area contributed by atoms with Crippen molar-refractivity contribution in [1.29, 1.82) is 0 Å². The molecule has 0 atom stereocenters. The number of halogens is 1. The molecule has 2 aromatic rings. The molecule has 1 fully saturated rings. The molecule has 0 unspecified atom stereocenters. The average molecular weight is 415 g/mol. The van der Waals surface area contributed by atoms with Gasteiger partial charge in [0.2, 0.25) is 0 Å². The van der Waals surface area contributed by atoms with E-state index in [0.29, 0.717) is 13.2 Å². The van der Waals surface area contributed by atoms with Crippen LogP contribution in [0.2, 0.25) is 5.02 Å². The number of carbonyl (C=O) groups excluding carboxylic acids is 1. The molecule has 1 aliphatic heterocycles. The number of benzene rings is 2. The smallest absolute Gasteiger partial charge is 0.254 e. The van der Waals surface area contributed by atoms with E-state index in [2.05, 4.69) is 32.5 Å². The number of piperazine rings is 1. The van der Waals surface area contributed by atoms with Gasteiger partial charge in [-0.3, -0.25) is 14.6 Å². The largest absolute Gasteiger partial charge is 0.494 e. The zero-order valence-corrected chi connectivity index (χ0v) is 17.4. The van der Waals surface area contributed by atoms with E-state index in [1.165, 1.54) is 5.56 Å². The summed E-state index contributed by atoms with van der Waals surface area (Å²) in [5.41, 5.74) is 4.77. The van der Waals surface area contributed by atoms with Crippen molar-refractivity contribution in [3.63, 3.8) is 0 Å². The molecule has 29 heavy (non-hydrogen) atoms. The molecule has 1 N–H and O–H groups in total. The molecular formula is C22H27ClN4O2. The molecule has 0 bridgehead atoms. The fourth-order valence-electron chi connectivity index (χ4n) is 3.19. The highest BCUT2D eigenvalue weighted by molar-refractivity contribution is 6.30. The molecule has 7 heteroatoms. The van der Waals surface area contributed by atoms with Gasteiger partial charge in [-0.2, -0.15) is 5.10 Å². The molecule has 154 valence electrons. The van der Waals surface area contributed by atoms with E-state index in [0.717, 1.165) is 49.1 Å². The minimum absolute atomic E-state index is 0.0988. The number of ether oxygens (including phenoxy) is 1. The summed E-state index contributed by atoms with van der Waals surface area (Å²) in [6, 6.07) is 15.5. The number of carbonyl (C=O) groups is 1. The molecule has 0 radical (unpaired) electrons. The Kier molecular flexibility index (Phi) is 8.04. The summed E-state index contributed by atoms with van der Waals surface area (Å²) in [6.45, 7) is 7.45. The van der Waals surface area contributed by atoms with Gasteiger partial charge in [-0.25, -0.2) is 5.43 Å². The zero-order chi connectivity index (χ0) is 20.5. The highest BCUT2D eigenvalue weighted by Gasteiger charge is 2.18.